The van der Waals surface area contributed by atoms with E-state index in [1.807, 2.05) is 24.4 Å². The molecule has 0 saturated carbocycles. The zero-order chi connectivity index (χ0) is 17.8. The van der Waals surface area contributed by atoms with E-state index in [0.29, 0.717) is 0 Å². The van der Waals surface area contributed by atoms with Crippen molar-refractivity contribution in [2.75, 3.05) is 6.54 Å². The van der Waals surface area contributed by atoms with Crippen molar-refractivity contribution < 1.29 is 8.91 Å². The number of benzene rings is 1. The van der Waals surface area contributed by atoms with E-state index in [1.165, 1.54) is 31.4 Å². The predicted molar refractivity (Wildman–Crippen MR) is 97.8 cm³/mol. The normalized spacial score (nSPS) is 18.6. The fourth-order valence-corrected chi connectivity index (χ4v) is 3.58. The summed E-state index contributed by atoms with van der Waals surface area (Å²) < 4.78 is 18.9. The van der Waals surface area contributed by atoms with E-state index < -0.39 is 0 Å². The van der Waals surface area contributed by atoms with Crippen LogP contribution in [0.5, 0.6) is 0 Å². The number of likely N-dealkylation sites (tertiary alicyclic amines) is 1. The highest BCUT2D eigenvalue weighted by atomic mass is 19.1. The zero-order valence-corrected chi connectivity index (χ0v) is 14.6. The van der Waals surface area contributed by atoms with Gasteiger partial charge in [-0.15, -0.1) is 0 Å². The lowest BCUT2D eigenvalue weighted by Crippen LogP contribution is -2.28. The Labute approximate surface area is 152 Å². The van der Waals surface area contributed by atoms with Crippen LogP contribution in [0.2, 0.25) is 0 Å². The fraction of sp³-hybridized carbons (Fsp3) is 0.333. The second-order valence-corrected chi connectivity index (χ2v) is 6.78. The van der Waals surface area contributed by atoms with Crippen LogP contribution in [0, 0.1) is 5.82 Å². The van der Waals surface area contributed by atoms with Crippen molar-refractivity contribution >= 4 is 0 Å². The Morgan fingerprint density at radius 1 is 1.08 bits per heavy atom. The van der Waals surface area contributed by atoms with Crippen LogP contribution in [0.4, 0.5) is 4.39 Å². The Kier molecular flexibility index (Phi) is 5.07. The van der Waals surface area contributed by atoms with Crippen molar-refractivity contribution in [3.63, 3.8) is 0 Å². The van der Waals surface area contributed by atoms with Crippen molar-refractivity contribution in [1.82, 2.24) is 15.0 Å². The molecule has 1 aromatic carbocycles. The van der Waals surface area contributed by atoms with E-state index in [-0.39, 0.29) is 11.9 Å². The van der Waals surface area contributed by atoms with Crippen LogP contribution in [0.15, 0.2) is 59.3 Å². The lowest BCUT2D eigenvalue weighted by atomic mass is 10.1. The Hall–Kier alpha value is -2.53. The third-order valence-electron chi connectivity index (χ3n) is 4.95. The molecule has 0 amide bonds. The summed E-state index contributed by atoms with van der Waals surface area (Å²) in [6.45, 7) is 1.83. The average Bonchev–Trinajstić information content (AvgIpc) is 3.04. The molecule has 1 saturated heterocycles. The minimum absolute atomic E-state index is 0.196. The second kappa shape index (κ2) is 7.79. The van der Waals surface area contributed by atoms with Crippen LogP contribution in [0.3, 0.4) is 0 Å². The topological polar surface area (TPSA) is 42.2 Å². The van der Waals surface area contributed by atoms with Gasteiger partial charge in [-0.05, 0) is 55.8 Å². The molecule has 1 aliphatic rings. The van der Waals surface area contributed by atoms with Gasteiger partial charge in [-0.3, -0.25) is 9.88 Å². The van der Waals surface area contributed by atoms with Crippen molar-refractivity contribution in [2.45, 2.75) is 38.3 Å². The molecule has 0 N–H and O–H groups in total. The minimum Gasteiger partial charge on any atom is -0.359 e. The standard InChI is InChI=1S/C21H22FN3O/c22-17-10-8-16(9-11-17)19-14-21(26-24-19)20-7-2-1-5-13-25(20)15-18-6-3-4-12-23-18/h3-4,6,8-12,14,20H,1-2,5,7,13,15H2. The van der Waals surface area contributed by atoms with Gasteiger partial charge in [0, 0.05) is 24.4 Å². The van der Waals surface area contributed by atoms with E-state index in [0.717, 1.165) is 42.2 Å². The molecule has 1 aliphatic heterocycles. The molecule has 134 valence electrons. The molecule has 4 nitrogen and oxygen atoms in total. The summed E-state index contributed by atoms with van der Waals surface area (Å²) in [6, 6.07) is 14.6. The maximum Gasteiger partial charge on any atom is 0.154 e. The fourth-order valence-electron chi connectivity index (χ4n) is 3.58. The van der Waals surface area contributed by atoms with Crippen molar-refractivity contribution in [3.8, 4) is 11.3 Å². The molecule has 3 heterocycles. The van der Waals surface area contributed by atoms with Gasteiger partial charge in [0.1, 0.15) is 11.5 Å². The summed E-state index contributed by atoms with van der Waals surface area (Å²) in [5.41, 5.74) is 2.69. The van der Waals surface area contributed by atoms with Crippen LogP contribution >= 0.6 is 0 Å². The molecular formula is C21H22FN3O. The highest BCUT2D eigenvalue weighted by molar-refractivity contribution is 5.58. The molecule has 0 aliphatic carbocycles. The van der Waals surface area contributed by atoms with Crippen LogP contribution in [-0.4, -0.2) is 21.6 Å². The number of aromatic nitrogens is 2. The molecule has 4 rings (SSSR count). The van der Waals surface area contributed by atoms with Gasteiger partial charge in [-0.25, -0.2) is 4.39 Å². The van der Waals surface area contributed by atoms with Gasteiger partial charge >= 0.3 is 0 Å². The highest BCUT2D eigenvalue weighted by Crippen LogP contribution is 2.33. The molecule has 26 heavy (non-hydrogen) atoms. The third kappa shape index (κ3) is 3.83. The first-order valence-electron chi connectivity index (χ1n) is 9.16. The molecule has 5 heteroatoms. The first-order valence-corrected chi connectivity index (χ1v) is 9.16. The molecule has 0 bridgehead atoms. The van der Waals surface area contributed by atoms with Crippen LogP contribution in [0.1, 0.15) is 43.2 Å². The van der Waals surface area contributed by atoms with E-state index in [9.17, 15) is 4.39 Å². The molecule has 0 radical (unpaired) electrons. The van der Waals surface area contributed by atoms with Gasteiger partial charge in [-0.2, -0.15) is 0 Å². The zero-order valence-electron chi connectivity index (χ0n) is 14.6. The average molecular weight is 351 g/mol. The Morgan fingerprint density at radius 2 is 1.96 bits per heavy atom. The Balaban J connectivity index is 1.58. The smallest absolute Gasteiger partial charge is 0.154 e. The summed E-state index contributed by atoms with van der Waals surface area (Å²) in [7, 11) is 0. The number of rotatable bonds is 4. The van der Waals surface area contributed by atoms with Gasteiger partial charge in [0.2, 0.25) is 0 Å². The summed E-state index contributed by atoms with van der Waals surface area (Å²) >= 11 is 0. The largest absolute Gasteiger partial charge is 0.359 e. The van der Waals surface area contributed by atoms with Gasteiger partial charge < -0.3 is 4.52 Å². The van der Waals surface area contributed by atoms with Gasteiger partial charge in [-0.1, -0.05) is 24.1 Å². The quantitative estimate of drug-likeness (QED) is 0.664. The number of hydrogen-bond donors (Lipinski definition) is 0. The summed E-state index contributed by atoms with van der Waals surface area (Å²) in [5, 5.41) is 4.22. The summed E-state index contributed by atoms with van der Waals surface area (Å²) in [5.74, 6) is 0.630. The molecule has 2 aromatic heterocycles. The highest BCUT2D eigenvalue weighted by Gasteiger charge is 2.26. The third-order valence-corrected chi connectivity index (χ3v) is 4.95. The van der Waals surface area contributed by atoms with Gasteiger partial charge in [0.25, 0.3) is 0 Å². The van der Waals surface area contributed by atoms with Crippen molar-refractivity contribution in [3.05, 3.63) is 72.0 Å². The van der Waals surface area contributed by atoms with Crippen LogP contribution in [0.25, 0.3) is 11.3 Å². The van der Waals surface area contributed by atoms with Gasteiger partial charge in [0.05, 0.1) is 11.7 Å². The van der Waals surface area contributed by atoms with E-state index in [1.54, 1.807) is 12.1 Å². The molecule has 1 atom stereocenters. The molecule has 1 unspecified atom stereocenters. The van der Waals surface area contributed by atoms with Crippen molar-refractivity contribution in [1.29, 1.82) is 0 Å². The molecular weight excluding hydrogens is 329 g/mol. The first-order chi connectivity index (χ1) is 12.8. The monoisotopic (exact) mass is 351 g/mol. The maximum absolute atomic E-state index is 13.1. The maximum atomic E-state index is 13.1. The predicted octanol–water partition coefficient (Wildman–Crippen LogP) is 4.99. The van der Waals surface area contributed by atoms with Crippen LogP contribution < -0.4 is 0 Å². The lowest BCUT2D eigenvalue weighted by Gasteiger charge is -2.27. The summed E-state index contributed by atoms with van der Waals surface area (Å²) in [6.07, 6.45) is 6.47. The van der Waals surface area contributed by atoms with E-state index in [2.05, 4.69) is 21.1 Å². The SMILES string of the molecule is Fc1ccc(-c2cc(C3CCCCCN3Cc3ccccn3)on2)cc1. The van der Waals surface area contributed by atoms with E-state index >= 15 is 0 Å². The Bertz CT molecular complexity index is 832. The Morgan fingerprint density at radius 3 is 2.77 bits per heavy atom. The van der Waals surface area contributed by atoms with E-state index in [4.69, 9.17) is 4.52 Å². The molecule has 1 fully saturated rings. The number of nitrogens with zero attached hydrogens (tertiary/aromatic N) is 3. The number of pyridine rings is 1. The minimum atomic E-state index is -0.247. The van der Waals surface area contributed by atoms with Gasteiger partial charge in [0.15, 0.2) is 5.76 Å². The number of hydrogen-bond acceptors (Lipinski definition) is 4. The number of halogens is 1. The lowest BCUT2D eigenvalue weighted by molar-refractivity contribution is 0.158. The van der Waals surface area contributed by atoms with Crippen molar-refractivity contribution in [2.24, 2.45) is 0 Å². The molecule has 3 aromatic rings. The molecule has 0 spiro atoms. The van der Waals surface area contributed by atoms with Crippen LogP contribution in [-0.2, 0) is 6.54 Å². The summed E-state index contributed by atoms with van der Waals surface area (Å²) in [4.78, 5) is 6.90. The second-order valence-electron chi connectivity index (χ2n) is 6.78. The first kappa shape index (κ1) is 16.9.